The average molecular weight is 289 g/mol. The van der Waals surface area contributed by atoms with Crippen molar-refractivity contribution in [2.45, 2.75) is 13.1 Å². The second kappa shape index (κ2) is 5.70. The van der Waals surface area contributed by atoms with Crippen molar-refractivity contribution < 1.29 is 0 Å². The summed E-state index contributed by atoms with van der Waals surface area (Å²) in [5.74, 6) is 0. The van der Waals surface area contributed by atoms with Crippen LogP contribution in [0.15, 0.2) is 48.8 Å². The first-order valence-electron chi connectivity index (χ1n) is 6.10. The highest BCUT2D eigenvalue weighted by Gasteiger charge is 2.08. The molecule has 0 atom stereocenters. The van der Waals surface area contributed by atoms with E-state index in [4.69, 9.17) is 11.6 Å². The zero-order valence-corrected chi connectivity index (χ0v) is 11.8. The van der Waals surface area contributed by atoms with E-state index in [1.807, 2.05) is 24.4 Å². The summed E-state index contributed by atoms with van der Waals surface area (Å²) >= 11 is 8.15. The van der Waals surface area contributed by atoms with Crippen molar-refractivity contribution >= 4 is 33.0 Å². The Labute approximate surface area is 121 Å². The minimum atomic E-state index is 0.785. The number of thiophene rings is 1. The van der Waals surface area contributed by atoms with E-state index >= 15 is 0 Å². The fourth-order valence-corrected chi connectivity index (χ4v) is 3.47. The van der Waals surface area contributed by atoms with Crippen LogP contribution in [0.2, 0.25) is 5.02 Å². The number of hydrogen-bond acceptors (Lipinski definition) is 3. The van der Waals surface area contributed by atoms with E-state index in [1.54, 1.807) is 17.5 Å². The molecule has 0 aliphatic rings. The first kappa shape index (κ1) is 12.6. The van der Waals surface area contributed by atoms with E-state index in [0.717, 1.165) is 23.5 Å². The summed E-state index contributed by atoms with van der Waals surface area (Å²) in [5, 5.41) is 5.43. The van der Waals surface area contributed by atoms with Crippen molar-refractivity contribution in [3.63, 3.8) is 0 Å². The molecule has 0 saturated heterocycles. The lowest BCUT2D eigenvalue weighted by molar-refractivity contribution is 0.699. The zero-order chi connectivity index (χ0) is 13.1. The smallest absolute Gasteiger partial charge is 0.0636 e. The van der Waals surface area contributed by atoms with Gasteiger partial charge in [-0.3, -0.25) is 4.98 Å². The molecule has 2 nitrogen and oxygen atoms in total. The quantitative estimate of drug-likeness (QED) is 0.777. The number of nitrogens with zero attached hydrogens (tertiary/aromatic N) is 1. The third-order valence-corrected chi connectivity index (χ3v) is 4.65. The molecule has 0 bridgehead atoms. The Kier molecular flexibility index (Phi) is 3.78. The Bertz CT molecular complexity index is 679. The monoisotopic (exact) mass is 288 g/mol. The number of nitrogens with one attached hydrogen (secondary N) is 1. The summed E-state index contributed by atoms with van der Waals surface area (Å²) in [7, 11) is 0. The van der Waals surface area contributed by atoms with Crippen LogP contribution in [-0.4, -0.2) is 4.98 Å². The Morgan fingerprint density at radius 2 is 2.00 bits per heavy atom. The van der Waals surface area contributed by atoms with Crippen LogP contribution in [0.4, 0.5) is 0 Å². The van der Waals surface area contributed by atoms with Crippen LogP contribution in [-0.2, 0) is 13.1 Å². The Balaban J connectivity index is 1.70. The lowest BCUT2D eigenvalue weighted by atomic mass is 10.2. The normalized spacial score (nSPS) is 11.0. The van der Waals surface area contributed by atoms with Gasteiger partial charge < -0.3 is 5.32 Å². The summed E-state index contributed by atoms with van der Waals surface area (Å²) < 4.78 is 1.24. The minimum Gasteiger partial charge on any atom is -0.308 e. The molecule has 0 radical (unpaired) electrons. The molecule has 1 N–H and O–H groups in total. The maximum absolute atomic E-state index is 6.40. The number of benzene rings is 1. The average Bonchev–Trinajstić information content (AvgIpc) is 2.78. The van der Waals surface area contributed by atoms with Crippen molar-refractivity contribution in [2.75, 3.05) is 0 Å². The van der Waals surface area contributed by atoms with E-state index in [0.29, 0.717) is 0 Å². The molecule has 1 aromatic carbocycles. The molecule has 0 spiro atoms. The lowest BCUT2D eigenvalue weighted by Crippen LogP contribution is -2.11. The molecule has 0 aliphatic heterocycles. The number of hydrogen-bond donors (Lipinski definition) is 1. The molecule has 19 heavy (non-hydrogen) atoms. The summed E-state index contributed by atoms with van der Waals surface area (Å²) in [6.07, 6.45) is 3.66. The first-order valence-corrected chi connectivity index (χ1v) is 7.29. The maximum atomic E-state index is 6.40. The topological polar surface area (TPSA) is 24.9 Å². The Morgan fingerprint density at radius 3 is 2.79 bits per heavy atom. The fraction of sp³-hybridized carbons (Fsp3) is 0.133. The van der Waals surface area contributed by atoms with Crippen molar-refractivity contribution in [1.82, 2.24) is 10.3 Å². The van der Waals surface area contributed by atoms with Crippen LogP contribution >= 0.6 is 22.9 Å². The maximum Gasteiger partial charge on any atom is 0.0636 e. The molecule has 3 aromatic rings. The number of fused-ring (bicyclic) bond motifs is 1. The van der Waals surface area contributed by atoms with Gasteiger partial charge >= 0.3 is 0 Å². The molecule has 2 heterocycles. The standard InChI is InChI=1S/C15H13ClN2S/c16-15-12-5-1-2-6-13(12)19-14(15)10-18-9-11-4-3-7-17-8-11/h1-8,18H,9-10H2. The van der Waals surface area contributed by atoms with Gasteiger partial charge in [-0.25, -0.2) is 0 Å². The Morgan fingerprint density at radius 1 is 1.11 bits per heavy atom. The summed E-state index contributed by atoms with van der Waals surface area (Å²) in [5.41, 5.74) is 1.18. The summed E-state index contributed by atoms with van der Waals surface area (Å²) in [4.78, 5) is 5.29. The van der Waals surface area contributed by atoms with Crippen LogP contribution in [0, 0.1) is 0 Å². The van der Waals surface area contributed by atoms with E-state index in [-0.39, 0.29) is 0 Å². The molecule has 3 rings (SSSR count). The lowest BCUT2D eigenvalue weighted by Gasteiger charge is -2.03. The van der Waals surface area contributed by atoms with E-state index < -0.39 is 0 Å². The van der Waals surface area contributed by atoms with Crippen LogP contribution in [0.1, 0.15) is 10.4 Å². The van der Waals surface area contributed by atoms with Gasteiger partial charge in [0.15, 0.2) is 0 Å². The van der Waals surface area contributed by atoms with Gasteiger partial charge in [-0.1, -0.05) is 35.9 Å². The highest BCUT2D eigenvalue weighted by Crippen LogP contribution is 2.34. The molecular formula is C15H13ClN2S. The van der Waals surface area contributed by atoms with Gasteiger partial charge in [-0.15, -0.1) is 11.3 Å². The van der Waals surface area contributed by atoms with Gasteiger partial charge in [0.1, 0.15) is 0 Å². The second-order valence-electron chi connectivity index (χ2n) is 4.30. The Hall–Kier alpha value is -1.42. The highest BCUT2D eigenvalue weighted by molar-refractivity contribution is 7.19. The molecule has 4 heteroatoms. The van der Waals surface area contributed by atoms with E-state index in [9.17, 15) is 0 Å². The van der Waals surface area contributed by atoms with Crippen molar-refractivity contribution in [3.8, 4) is 0 Å². The minimum absolute atomic E-state index is 0.785. The first-order chi connectivity index (χ1) is 9.34. The van der Waals surface area contributed by atoms with Crippen LogP contribution < -0.4 is 5.32 Å². The number of rotatable bonds is 4. The zero-order valence-electron chi connectivity index (χ0n) is 10.3. The SMILES string of the molecule is Clc1c(CNCc2cccnc2)sc2ccccc12. The third kappa shape index (κ3) is 2.78. The van der Waals surface area contributed by atoms with Crippen molar-refractivity contribution in [2.24, 2.45) is 0 Å². The molecule has 2 aromatic heterocycles. The molecule has 0 unspecified atom stereocenters. The largest absolute Gasteiger partial charge is 0.308 e. The fourth-order valence-electron chi connectivity index (χ4n) is 2.00. The van der Waals surface area contributed by atoms with Gasteiger partial charge in [0.05, 0.1) is 5.02 Å². The van der Waals surface area contributed by atoms with E-state index in [1.165, 1.54) is 15.1 Å². The summed E-state index contributed by atoms with van der Waals surface area (Å²) in [6, 6.07) is 12.3. The second-order valence-corrected chi connectivity index (χ2v) is 5.81. The van der Waals surface area contributed by atoms with Gasteiger partial charge in [-0.05, 0) is 17.7 Å². The summed E-state index contributed by atoms with van der Waals surface area (Å²) in [6.45, 7) is 1.59. The molecule has 0 saturated carbocycles. The molecule has 0 aliphatic carbocycles. The predicted molar refractivity (Wildman–Crippen MR) is 81.6 cm³/mol. The van der Waals surface area contributed by atoms with Crippen molar-refractivity contribution in [1.29, 1.82) is 0 Å². The van der Waals surface area contributed by atoms with Crippen LogP contribution in [0.3, 0.4) is 0 Å². The molecule has 96 valence electrons. The van der Waals surface area contributed by atoms with Gasteiger partial charge in [-0.2, -0.15) is 0 Å². The van der Waals surface area contributed by atoms with Gasteiger partial charge in [0, 0.05) is 40.4 Å². The molecule has 0 amide bonds. The van der Waals surface area contributed by atoms with Gasteiger partial charge in [0.2, 0.25) is 0 Å². The number of pyridine rings is 1. The number of aromatic nitrogens is 1. The highest BCUT2D eigenvalue weighted by atomic mass is 35.5. The molecule has 0 fully saturated rings. The molecular weight excluding hydrogens is 276 g/mol. The van der Waals surface area contributed by atoms with Crippen LogP contribution in [0.5, 0.6) is 0 Å². The van der Waals surface area contributed by atoms with E-state index in [2.05, 4.69) is 28.5 Å². The van der Waals surface area contributed by atoms with Crippen molar-refractivity contribution in [3.05, 3.63) is 64.3 Å². The predicted octanol–water partition coefficient (Wildman–Crippen LogP) is 4.24. The van der Waals surface area contributed by atoms with Crippen LogP contribution in [0.25, 0.3) is 10.1 Å². The number of halogens is 1. The van der Waals surface area contributed by atoms with Gasteiger partial charge in [0.25, 0.3) is 0 Å². The third-order valence-electron chi connectivity index (χ3n) is 2.94.